The van der Waals surface area contributed by atoms with Gasteiger partial charge in [0.1, 0.15) is 0 Å². The molecule has 44 heavy (non-hydrogen) atoms. The van der Waals surface area contributed by atoms with Gasteiger partial charge in [-0.25, -0.2) is 8.78 Å². The molecular formula is C33H40F2N4O4S. The van der Waals surface area contributed by atoms with Gasteiger partial charge in [0.2, 0.25) is 17.7 Å². The highest BCUT2D eigenvalue weighted by molar-refractivity contribution is 7.85. The number of nitrogens with zero attached hydrogens (tertiary/aromatic N) is 4. The average molecular weight is 627 g/mol. The molecule has 0 bridgehead atoms. The molecule has 0 N–H and O–H groups in total. The number of carbonyl (C=O) groups excluding carboxylic acids is 1. The normalized spacial score (nSPS) is 21.3. The first-order valence-electron chi connectivity index (χ1n) is 15.7. The summed E-state index contributed by atoms with van der Waals surface area (Å²) in [4.78, 5) is 21.0. The Kier molecular flexibility index (Phi) is 9.23. The summed E-state index contributed by atoms with van der Waals surface area (Å²) in [7, 11) is -1.22. The molecule has 2 unspecified atom stereocenters. The highest BCUT2D eigenvalue weighted by Crippen LogP contribution is 2.47. The molecule has 2 saturated heterocycles. The van der Waals surface area contributed by atoms with Crippen LogP contribution in [0.25, 0.3) is 11.5 Å². The van der Waals surface area contributed by atoms with E-state index in [2.05, 4.69) is 24.0 Å². The van der Waals surface area contributed by atoms with Gasteiger partial charge < -0.3 is 14.1 Å². The number of aromatic nitrogens is 3. The number of piperidine rings is 1. The van der Waals surface area contributed by atoms with Crippen molar-refractivity contribution in [3.63, 3.8) is 0 Å². The van der Waals surface area contributed by atoms with Gasteiger partial charge in [0, 0.05) is 44.9 Å². The summed E-state index contributed by atoms with van der Waals surface area (Å²) in [5, 5.41) is 8.58. The van der Waals surface area contributed by atoms with Crippen molar-refractivity contribution in [2.24, 2.45) is 11.8 Å². The minimum atomic E-state index is -1.22. The Morgan fingerprint density at radius 3 is 2.50 bits per heavy atom. The zero-order valence-corrected chi connectivity index (χ0v) is 26.4. The number of benzene rings is 1. The number of ether oxygens (including phenoxy) is 1. The standard InChI is InChI=1S/C33H40F2N4O4S/c1-19(2)24-18-44(41)32-29(23-8-12-39(13-9-23)28(40)17-22-4-6-25(34)26(35)16-22)30(33-38-37-20(3)43-33)27(36-31(24)32)7-5-21-10-14-42-15-11-21/h4,6,16,19,21,23-24H,5,7-15,17-18H2,1-3H3. The van der Waals surface area contributed by atoms with Crippen LogP contribution in [0.3, 0.4) is 0 Å². The van der Waals surface area contributed by atoms with E-state index in [9.17, 15) is 17.8 Å². The van der Waals surface area contributed by atoms with Crippen molar-refractivity contribution >= 4 is 16.7 Å². The van der Waals surface area contributed by atoms with Crippen LogP contribution >= 0.6 is 0 Å². The van der Waals surface area contributed by atoms with Crippen molar-refractivity contribution in [3.8, 4) is 11.5 Å². The molecule has 3 aromatic rings. The summed E-state index contributed by atoms with van der Waals surface area (Å²) in [6.07, 6.45) is 5.14. The van der Waals surface area contributed by atoms with Crippen LogP contribution < -0.4 is 0 Å². The number of amides is 1. The largest absolute Gasteiger partial charge is 0.421 e. The Hall–Kier alpha value is -3.05. The monoisotopic (exact) mass is 626 g/mol. The van der Waals surface area contributed by atoms with E-state index in [1.807, 2.05) is 0 Å². The van der Waals surface area contributed by atoms with Crippen LogP contribution in [0.1, 0.15) is 86.2 Å². The maximum atomic E-state index is 13.8. The predicted molar refractivity (Wildman–Crippen MR) is 162 cm³/mol. The van der Waals surface area contributed by atoms with Crippen molar-refractivity contribution in [1.82, 2.24) is 20.1 Å². The van der Waals surface area contributed by atoms with Crippen molar-refractivity contribution in [1.29, 1.82) is 0 Å². The van der Waals surface area contributed by atoms with E-state index in [0.29, 0.717) is 54.9 Å². The number of halogens is 2. The molecule has 2 fully saturated rings. The molecule has 11 heteroatoms. The van der Waals surface area contributed by atoms with E-state index in [1.165, 1.54) is 6.07 Å². The minimum absolute atomic E-state index is 0.00940. The number of likely N-dealkylation sites (tertiary alicyclic amines) is 1. The van der Waals surface area contributed by atoms with Crippen LogP contribution in [-0.2, 0) is 33.2 Å². The van der Waals surface area contributed by atoms with Crippen molar-refractivity contribution in [2.75, 3.05) is 32.1 Å². The fraction of sp³-hybridized carbons (Fsp3) is 0.576. The molecule has 236 valence electrons. The second kappa shape index (κ2) is 13.1. The van der Waals surface area contributed by atoms with Crippen molar-refractivity contribution in [2.45, 2.75) is 82.4 Å². The highest BCUT2D eigenvalue weighted by atomic mass is 32.2. The quantitative estimate of drug-likeness (QED) is 0.308. The Bertz CT molecular complexity index is 1550. The zero-order valence-electron chi connectivity index (χ0n) is 25.6. The fourth-order valence-electron chi connectivity index (χ4n) is 6.92. The second-order valence-electron chi connectivity index (χ2n) is 12.7. The van der Waals surface area contributed by atoms with Gasteiger partial charge in [-0.15, -0.1) is 10.2 Å². The van der Waals surface area contributed by atoms with Gasteiger partial charge in [-0.3, -0.25) is 14.0 Å². The first kappa shape index (κ1) is 31.0. The summed E-state index contributed by atoms with van der Waals surface area (Å²) in [6.45, 7) is 8.66. The molecule has 3 aliphatic heterocycles. The summed E-state index contributed by atoms with van der Waals surface area (Å²) in [6, 6.07) is 3.59. The minimum Gasteiger partial charge on any atom is -0.421 e. The number of pyridine rings is 1. The van der Waals surface area contributed by atoms with Gasteiger partial charge in [-0.2, -0.15) is 0 Å². The molecule has 0 aliphatic carbocycles. The second-order valence-corrected chi connectivity index (χ2v) is 14.2. The van der Waals surface area contributed by atoms with Crippen molar-refractivity contribution in [3.05, 3.63) is 58.2 Å². The molecule has 2 atom stereocenters. The lowest BCUT2D eigenvalue weighted by atomic mass is 9.82. The molecule has 8 nitrogen and oxygen atoms in total. The topological polar surface area (TPSA) is 98.4 Å². The summed E-state index contributed by atoms with van der Waals surface area (Å²) >= 11 is 0. The van der Waals surface area contributed by atoms with Crippen molar-refractivity contribution < 1.29 is 26.9 Å². The number of aryl methyl sites for hydroxylation is 2. The lowest BCUT2D eigenvalue weighted by molar-refractivity contribution is -0.131. The molecule has 3 aliphatic rings. The zero-order chi connectivity index (χ0) is 31.0. The van der Waals surface area contributed by atoms with Gasteiger partial charge in [0.25, 0.3) is 0 Å². The van der Waals surface area contributed by atoms with E-state index in [1.54, 1.807) is 11.8 Å². The van der Waals surface area contributed by atoms with E-state index in [-0.39, 0.29) is 30.1 Å². The third kappa shape index (κ3) is 6.36. The van der Waals surface area contributed by atoms with E-state index >= 15 is 0 Å². The van der Waals surface area contributed by atoms with Gasteiger partial charge in [0.15, 0.2) is 11.6 Å². The molecule has 1 amide bonds. The molecule has 2 aromatic heterocycles. The molecule has 6 rings (SSSR count). The van der Waals surface area contributed by atoms with Gasteiger partial charge in [-0.1, -0.05) is 19.9 Å². The molecule has 0 spiro atoms. The fourth-order valence-corrected chi connectivity index (χ4v) is 8.90. The Morgan fingerprint density at radius 2 is 1.84 bits per heavy atom. The molecule has 0 radical (unpaired) electrons. The number of fused-ring (bicyclic) bond motifs is 1. The smallest absolute Gasteiger partial charge is 0.249 e. The molecule has 5 heterocycles. The number of hydrogen-bond acceptors (Lipinski definition) is 7. The van der Waals surface area contributed by atoms with Gasteiger partial charge >= 0.3 is 0 Å². The summed E-state index contributed by atoms with van der Waals surface area (Å²) in [5.74, 6) is 0.382. The first-order chi connectivity index (χ1) is 21.2. The van der Waals surface area contributed by atoms with Crippen LogP contribution in [0, 0.1) is 30.4 Å². The first-order valence-corrected chi connectivity index (χ1v) is 17.1. The molecule has 1 aromatic carbocycles. The van der Waals surface area contributed by atoms with Gasteiger partial charge in [-0.05, 0) is 79.5 Å². The number of carbonyl (C=O) groups is 1. The SMILES string of the molecule is Cc1nnc(-c2c(CCC3CCOCC3)nc3c(c2C2CCN(C(=O)Cc4ccc(F)c(F)c4)CC2)S(=O)CC3C(C)C)o1. The predicted octanol–water partition coefficient (Wildman–Crippen LogP) is 5.89. The van der Waals surface area contributed by atoms with E-state index in [0.717, 1.165) is 78.4 Å². The van der Waals surface area contributed by atoms with Crippen LogP contribution in [0.2, 0.25) is 0 Å². The third-order valence-electron chi connectivity index (χ3n) is 9.47. The summed E-state index contributed by atoms with van der Waals surface area (Å²) < 4.78 is 52.6. The Labute approximate surface area is 259 Å². The third-order valence-corrected chi connectivity index (χ3v) is 11.0. The molecular weight excluding hydrogens is 586 g/mol. The maximum Gasteiger partial charge on any atom is 0.249 e. The van der Waals surface area contributed by atoms with Crippen LogP contribution in [-0.4, -0.2) is 62.3 Å². The number of rotatable bonds is 8. The summed E-state index contributed by atoms with van der Waals surface area (Å²) in [5.41, 5.74) is 4.12. The maximum absolute atomic E-state index is 13.8. The molecule has 0 saturated carbocycles. The Morgan fingerprint density at radius 1 is 1.09 bits per heavy atom. The van der Waals surface area contributed by atoms with Crippen LogP contribution in [0.4, 0.5) is 8.78 Å². The van der Waals surface area contributed by atoms with Gasteiger partial charge in [0.05, 0.1) is 39.1 Å². The van der Waals surface area contributed by atoms with Crippen LogP contribution in [0.5, 0.6) is 0 Å². The van der Waals surface area contributed by atoms with Crippen LogP contribution in [0.15, 0.2) is 27.5 Å². The average Bonchev–Trinajstić information content (AvgIpc) is 3.60. The number of hydrogen-bond donors (Lipinski definition) is 0. The lowest BCUT2D eigenvalue weighted by Gasteiger charge is -2.34. The van der Waals surface area contributed by atoms with E-state index in [4.69, 9.17) is 14.1 Å². The highest BCUT2D eigenvalue weighted by Gasteiger charge is 2.40. The lowest BCUT2D eigenvalue weighted by Crippen LogP contribution is -2.39. The van der Waals surface area contributed by atoms with E-state index < -0.39 is 22.4 Å². The Balaban J connectivity index is 1.33.